The third-order valence-corrected chi connectivity index (χ3v) is 3.52. The highest BCUT2D eigenvalue weighted by Gasteiger charge is 2.19. The summed E-state index contributed by atoms with van der Waals surface area (Å²) < 4.78 is 10.2. The molecule has 25 heavy (non-hydrogen) atoms. The van der Waals surface area contributed by atoms with Crippen LogP contribution in [-0.4, -0.2) is 21.0 Å². The van der Waals surface area contributed by atoms with Crippen LogP contribution >= 0.6 is 0 Å². The number of furan rings is 1. The smallest absolute Gasteiger partial charge is 0.407 e. The Morgan fingerprint density at radius 2 is 2.00 bits per heavy atom. The lowest BCUT2D eigenvalue weighted by Gasteiger charge is -2.03. The van der Waals surface area contributed by atoms with Crippen molar-refractivity contribution in [2.75, 3.05) is 5.32 Å². The zero-order chi connectivity index (χ0) is 18.0. The van der Waals surface area contributed by atoms with Gasteiger partial charge in [-0.05, 0) is 31.0 Å². The van der Waals surface area contributed by atoms with Gasteiger partial charge in [-0.1, -0.05) is 28.9 Å². The number of nitrogens with one attached hydrogen (secondary N) is 1. The molecular formula is C16H14N4O5. The number of rotatable bonds is 5. The molecule has 0 atom stereocenters. The molecule has 0 saturated heterocycles. The molecule has 0 unspecified atom stereocenters. The van der Waals surface area contributed by atoms with Crippen molar-refractivity contribution < 1.29 is 18.6 Å². The molecule has 1 amide bonds. The van der Waals surface area contributed by atoms with E-state index in [2.05, 4.69) is 21.6 Å². The molecule has 1 aromatic carbocycles. The van der Waals surface area contributed by atoms with Gasteiger partial charge in [-0.3, -0.25) is 20.2 Å². The molecule has 9 nitrogen and oxygen atoms in total. The van der Waals surface area contributed by atoms with Gasteiger partial charge in [0.1, 0.15) is 4.92 Å². The van der Waals surface area contributed by atoms with Crippen molar-refractivity contribution in [2.45, 2.75) is 20.3 Å². The summed E-state index contributed by atoms with van der Waals surface area (Å²) in [5.41, 5.74) is 3.30. The summed E-state index contributed by atoms with van der Waals surface area (Å²) in [5, 5.41) is 20.5. The van der Waals surface area contributed by atoms with Crippen molar-refractivity contribution >= 4 is 17.8 Å². The van der Waals surface area contributed by atoms with Gasteiger partial charge in [0.2, 0.25) is 5.89 Å². The Balaban J connectivity index is 1.68. The van der Waals surface area contributed by atoms with Gasteiger partial charge in [0, 0.05) is 0 Å². The molecule has 0 bridgehead atoms. The molecule has 128 valence electrons. The first-order chi connectivity index (χ1) is 11.9. The Morgan fingerprint density at radius 3 is 2.68 bits per heavy atom. The van der Waals surface area contributed by atoms with E-state index in [9.17, 15) is 14.9 Å². The fourth-order valence-electron chi connectivity index (χ4n) is 2.29. The Labute approximate surface area is 141 Å². The summed E-state index contributed by atoms with van der Waals surface area (Å²) in [5.74, 6) is -1.12. The minimum absolute atomic E-state index is 0.108. The third kappa shape index (κ3) is 3.71. The van der Waals surface area contributed by atoms with E-state index in [1.54, 1.807) is 0 Å². The predicted molar refractivity (Wildman–Crippen MR) is 86.3 cm³/mol. The van der Waals surface area contributed by atoms with Crippen LogP contribution in [0.1, 0.15) is 33.1 Å². The summed E-state index contributed by atoms with van der Waals surface area (Å²) in [6.45, 7) is 4.00. The average Bonchev–Trinajstić information content (AvgIpc) is 3.19. The molecule has 0 radical (unpaired) electrons. The van der Waals surface area contributed by atoms with Crippen LogP contribution in [0.2, 0.25) is 0 Å². The van der Waals surface area contributed by atoms with E-state index in [0.29, 0.717) is 12.3 Å². The van der Waals surface area contributed by atoms with Gasteiger partial charge in [-0.25, -0.2) is 0 Å². The van der Waals surface area contributed by atoms with Crippen molar-refractivity contribution in [2.24, 2.45) is 0 Å². The highest BCUT2D eigenvalue weighted by atomic mass is 16.6. The molecule has 3 rings (SSSR count). The lowest BCUT2D eigenvalue weighted by molar-refractivity contribution is -0.402. The summed E-state index contributed by atoms with van der Waals surface area (Å²) in [6.07, 6.45) is 0.432. The molecule has 1 N–H and O–H groups in total. The molecule has 9 heteroatoms. The number of hydrogen-bond acceptors (Lipinski definition) is 7. The lowest BCUT2D eigenvalue weighted by Crippen LogP contribution is -2.11. The number of hydrogen-bond donors (Lipinski definition) is 1. The number of anilines is 1. The number of nitrogens with zero attached hydrogens (tertiary/aromatic N) is 3. The molecule has 3 aromatic rings. The number of aromatic nitrogens is 2. The Kier molecular flexibility index (Phi) is 4.29. The van der Waals surface area contributed by atoms with Crippen molar-refractivity contribution in [3.05, 3.63) is 68.8 Å². The van der Waals surface area contributed by atoms with Crippen molar-refractivity contribution in [3.63, 3.8) is 0 Å². The molecule has 2 heterocycles. The number of carbonyl (C=O) groups is 1. The van der Waals surface area contributed by atoms with Crippen LogP contribution < -0.4 is 5.32 Å². The van der Waals surface area contributed by atoms with Crippen molar-refractivity contribution in [1.29, 1.82) is 0 Å². The minimum Gasteiger partial charge on any atom is -0.407 e. The molecule has 2 aromatic heterocycles. The van der Waals surface area contributed by atoms with Gasteiger partial charge < -0.3 is 8.83 Å². The van der Waals surface area contributed by atoms with Crippen molar-refractivity contribution in [3.8, 4) is 0 Å². The zero-order valence-electron chi connectivity index (χ0n) is 13.5. The van der Waals surface area contributed by atoms with Crippen molar-refractivity contribution in [1.82, 2.24) is 10.2 Å². The first-order valence-electron chi connectivity index (χ1n) is 7.36. The Morgan fingerprint density at radius 1 is 1.20 bits per heavy atom. The first kappa shape index (κ1) is 16.4. The largest absolute Gasteiger partial charge is 0.433 e. The third-order valence-electron chi connectivity index (χ3n) is 3.52. The number of benzene rings is 1. The van der Waals surface area contributed by atoms with Crippen LogP contribution in [-0.2, 0) is 6.42 Å². The van der Waals surface area contributed by atoms with Gasteiger partial charge in [0.05, 0.1) is 12.5 Å². The second kappa shape index (κ2) is 6.56. The molecule has 0 spiro atoms. The number of carbonyl (C=O) groups excluding carboxylic acids is 1. The molecular weight excluding hydrogens is 328 g/mol. The monoisotopic (exact) mass is 342 g/mol. The van der Waals surface area contributed by atoms with E-state index >= 15 is 0 Å². The van der Waals surface area contributed by atoms with Crippen LogP contribution in [0.15, 0.2) is 39.2 Å². The standard InChI is InChI=1S/C16H14N4O5/c1-9-3-4-11(10(2)7-9)8-13-18-19-16(25-13)17-15(21)12-5-6-14(24-12)20(22)23/h3-7H,8H2,1-2H3,(H,17,19,21). The quantitative estimate of drug-likeness (QED) is 0.558. The molecule has 0 aliphatic rings. The topological polar surface area (TPSA) is 124 Å². The summed E-state index contributed by atoms with van der Waals surface area (Å²) in [4.78, 5) is 21.8. The lowest BCUT2D eigenvalue weighted by atomic mass is 10.0. The second-order valence-electron chi connectivity index (χ2n) is 5.46. The Hall–Kier alpha value is -3.49. The zero-order valence-corrected chi connectivity index (χ0v) is 13.5. The van der Waals surface area contributed by atoms with Gasteiger partial charge in [-0.15, -0.1) is 5.10 Å². The predicted octanol–water partition coefficient (Wildman–Crippen LogP) is 3.03. The molecule has 0 fully saturated rings. The minimum atomic E-state index is -0.731. The van der Waals surface area contributed by atoms with Gasteiger partial charge >= 0.3 is 11.9 Å². The summed E-state index contributed by atoms with van der Waals surface area (Å²) in [6, 6.07) is 8.21. The molecule has 0 saturated carbocycles. The van der Waals surface area contributed by atoms with Crippen LogP contribution in [0.3, 0.4) is 0 Å². The van der Waals surface area contributed by atoms with E-state index < -0.39 is 16.7 Å². The van der Waals surface area contributed by atoms with Crippen LogP contribution in [0.5, 0.6) is 0 Å². The average molecular weight is 342 g/mol. The summed E-state index contributed by atoms with van der Waals surface area (Å²) in [7, 11) is 0. The number of nitro groups is 1. The number of aryl methyl sites for hydroxylation is 2. The molecule has 0 aliphatic heterocycles. The van der Waals surface area contributed by atoms with Crippen LogP contribution in [0, 0.1) is 24.0 Å². The van der Waals surface area contributed by atoms with Gasteiger partial charge in [0.15, 0.2) is 5.76 Å². The maximum atomic E-state index is 12.0. The fourth-order valence-corrected chi connectivity index (χ4v) is 2.29. The van der Waals surface area contributed by atoms with Gasteiger partial charge in [0.25, 0.3) is 5.91 Å². The maximum Gasteiger partial charge on any atom is 0.433 e. The highest BCUT2D eigenvalue weighted by Crippen LogP contribution is 2.18. The highest BCUT2D eigenvalue weighted by molar-refractivity contribution is 6.01. The maximum absolute atomic E-state index is 12.0. The van der Waals surface area contributed by atoms with E-state index in [-0.39, 0.29) is 11.8 Å². The van der Waals surface area contributed by atoms with E-state index in [1.165, 1.54) is 6.07 Å². The molecule has 0 aliphatic carbocycles. The van der Waals surface area contributed by atoms with Crippen LogP contribution in [0.4, 0.5) is 11.9 Å². The Bertz CT molecular complexity index is 944. The van der Waals surface area contributed by atoms with E-state index in [4.69, 9.17) is 8.83 Å². The van der Waals surface area contributed by atoms with Gasteiger partial charge in [-0.2, -0.15) is 0 Å². The second-order valence-corrected chi connectivity index (χ2v) is 5.46. The summed E-state index contributed by atoms with van der Waals surface area (Å²) >= 11 is 0. The number of amides is 1. The van der Waals surface area contributed by atoms with Crippen LogP contribution in [0.25, 0.3) is 0 Å². The first-order valence-corrected chi connectivity index (χ1v) is 7.36. The van der Waals surface area contributed by atoms with E-state index in [1.807, 2.05) is 26.0 Å². The fraction of sp³-hybridized carbons (Fsp3) is 0.188. The van der Waals surface area contributed by atoms with E-state index in [0.717, 1.165) is 22.8 Å². The normalized spacial score (nSPS) is 10.6. The SMILES string of the molecule is Cc1ccc(Cc2nnc(NC(=O)c3ccc([N+](=O)[O-])o3)o2)c(C)c1.